The smallest absolute Gasteiger partial charge is 0.348 e. The summed E-state index contributed by atoms with van der Waals surface area (Å²) in [6.45, 7) is 11.6. The Bertz CT molecular complexity index is 1380. The monoisotopic (exact) mass is 591 g/mol. The van der Waals surface area contributed by atoms with Crippen LogP contribution in [-0.4, -0.2) is 47.3 Å². The fraction of sp³-hybridized carbons (Fsp3) is 0.371. The molecule has 1 aliphatic heterocycles. The van der Waals surface area contributed by atoms with Crippen LogP contribution in [0.15, 0.2) is 79.4 Å². The molecule has 1 saturated heterocycles. The van der Waals surface area contributed by atoms with Crippen LogP contribution in [0.2, 0.25) is 0 Å². The quantitative estimate of drug-likeness (QED) is 0.252. The first-order chi connectivity index (χ1) is 20.5. The van der Waals surface area contributed by atoms with Gasteiger partial charge < -0.3 is 15.1 Å². The van der Waals surface area contributed by atoms with Crippen molar-refractivity contribution in [1.29, 1.82) is 0 Å². The Labute approximate surface area is 252 Å². The third kappa shape index (κ3) is 9.04. The number of rotatable bonds is 11. The number of nitrogens with one attached hydrogen (secondary N) is 1. The van der Waals surface area contributed by atoms with Crippen molar-refractivity contribution in [3.05, 3.63) is 113 Å². The highest BCUT2D eigenvalue weighted by atomic mass is 19.4. The summed E-state index contributed by atoms with van der Waals surface area (Å²) in [5.41, 5.74) is 2.48. The zero-order valence-corrected chi connectivity index (χ0v) is 24.9. The van der Waals surface area contributed by atoms with E-state index < -0.39 is 11.7 Å². The minimum atomic E-state index is -4.44. The Kier molecular flexibility index (Phi) is 10.8. The van der Waals surface area contributed by atoms with Gasteiger partial charge in [-0.25, -0.2) is 0 Å². The number of piperidine rings is 1. The summed E-state index contributed by atoms with van der Waals surface area (Å²) in [7, 11) is 0. The molecule has 3 aromatic carbocycles. The van der Waals surface area contributed by atoms with Crippen LogP contribution >= 0.6 is 0 Å². The second-order valence-corrected chi connectivity index (χ2v) is 11.6. The molecule has 4 rings (SSSR count). The summed E-state index contributed by atoms with van der Waals surface area (Å²) in [6, 6.07) is 19.5. The van der Waals surface area contributed by atoms with Crippen LogP contribution in [0.3, 0.4) is 0 Å². The zero-order valence-electron chi connectivity index (χ0n) is 24.9. The highest BCUT2D eigenvalue weighted by Crippen LogP contribution is 2.29. The van der Waals surface area contributed by atoms with E-state index >= 15 is 0 Å². The van der Waals surface area contributed by atoms with E-state index in [2.05, 4.69) is 30.6 Å². The summed E-state index contributed by atoms with van der Waals surface area (Å²) in [5, 5.41) is 2.69. The van der Waals surface area contributed by atoms with Gasteiger partial charge in [-0.2, -0.15) is 13.2 Å². The van der Waals surface area contributed by atoms with E-state index in [1.165, 1.54) is 6.07 Å². The Balaban J connectivity index is 1.43. The number of halogens is 3. The number of hydrogen-bond acceptors (Lipinski definition) is 3. The molecule has 0 saturated carbocycles. The minimum Gasteiger partial charge on any atom is -0.348 e. The molecule has 5 nitrogen and oxygen atoms in total. The van der Waals surface area contributed by atoms with Gasteiger partial charge in [-0.1, -0.05) is 62.9 Å². The number of hydrogen-bond donors (Lipinski definition) is 1. The van der Waals surface area contributed by atoms with E-state index in [4.69, 9.17) is 0 Å². The van der Waals surface area contributed by atoms with Crippen molar-refractivity contribution in [2.45, 2.75) is 58.4 Å². The van der Waals surface area contributed by atoms with Crippen LogP contribution in [0.5, 0.6) is 0 Å². The van der Waals surface area contributed by atoms with Crippen LogP contribution in [0, 0.1) is 5.92 Å². The van der Waals surface area contributed by atoms with Crippen LogP contribution in [0.25, 0.3) is 6.08 Å². The average molecular weight is 592 g/mol. The van der Waals surface area contributed by atoms with E-state index in [0.29, 0.717) is 29.2 Å². The van der Waals surface area contributed by atoms with Crippen molar-refractivity contribution in [2.24, 2.45) is 5.92 Å². The van der Waals surface area contributed by atoms with Crippen molar-refractivity contribution >= 4 is 17.9 Å². The molecule has 2 amide bonds. The maximum atomic E-state index is 13.8. The molecule has 0 spiro atoms. The number of likely N-dealkylation sites (tertiary alicyclic amines) is 1. The number of carbonyl (C=O) groups is 2. The van der Waals surface area contributed by atoms with Crippen LogP contribution in [-0.2, 0) is 19.3 Å². The van der Waals surface area contributed by atoms with Crippen molar-refractivity contribution in [3.63, 3.8) is 0 Å². The molecular formula is C35H40F3N3O2. The van der Waals surface area contributed by atoms with E-state index in [1.807, 2.05) is 41.3 Å². The van der Waals surface area contributed by atoms with Gasteiger partial charge in [-0.3, -0.25) is 9.59 Å². The number of nitrogens with zero attached hydrogens (tertiary/aromatic N) is 2. The summed E-state index contributed by atoms with van der Waals surface area (Å²) in [4.78, 5) is 30.9. The van der Waals surface area contributed by atoms with E-state index in [1.54, 1.807) is 24.3 Å². The summed E-state index contributed by atoms with van der Waals surface area (Å²) in [5.74, 6) is 0.243. The van der Waals surface area contributed by atoms with E-state index in [0.717, 1.165) is 62.2 Å². The predicted octanol–water partition coefficient (Wildman–Crippen LogP) is 7.43. The topological polar surface area (TPSA) is 52.7 Å². The number of benzene rings is 3. The lowest BCUT2D eigenvalue weighted by Gasteiger charge is -2.39. The summed E-state index contributed by atoms with van der Waals surface area (Å²) >= 11 is 0. The molecule has 0 unspecified atom stereocenters. The lowest BCUT2D eigenvalue weighted by Crippen LogP contribution is -2.47. The first kappa shape index (κ1) is 32.0. The Morgan fingerprint density at radius 2 is 1.63 bits per heavy atom. The maximum absolute atomic E-state index is 13.8. The molecule has 0 radical (unpaired) electrons. The third-order valence-corrected chi connectivity index (χ3v) is 7.95. The van der Waals surface area contributed by atoms with Crippen molar-refractivity contribution in [1.82, 2.24) is 15.1 Å². The minimum absolute atomic E-state index is 0.0205. The molecular weight excluding hydrogens is 551 g/mol. The van der Waals surface area contributed by atoms with Crippen molar-refractivity contribution < 1.29 is 22.8 Å². The van der Waals surface area contributed by atoms with Gasteiger partial charge >= 0.3 is 6.18 Å². The zero-order chi connectivity index (χ0) is 31.0. The fourth-order valence-electron chi connectivity index (χ4n) is 5.29. The molecule has 0 bridgehead atoms. The van der Waals surface area contributed by atoms with Gasteiger partial charge in [0, 0.05) is 43.3 Å². The van der Waals surface area contributed by atoms with Gasteiger partial charge in [-0.05, 0) is 84.8 Å². The molecule has 1 fully saturated rings. The van der Waals surface area contributed by atoms with Crippen molar-refractivity contribution in [2.75, 3.05) is 19.6 Å². The Hall–Kier alpha value is -3.91. The van der Waals surface area contributed by atoms with Crippen LogP contribution in [0.1, 0.15) is 76.1 Å². The molecule has 8 heteroatoms. The molecule has 0 aromatic heterocycles. The first-order valence-corrected chi connectivity index (χ1v) is 14.8. The van der Waals surface area contributed by atoms with Gasteiger partial charge in [0.05, 0.1) is 5.56 Å². The molecule has 0 atom stereocenters. The van der Waals surface area contributed by atoms with Crippen molar-refractivity contribution in [3.8, 4) is 0 Å². The van der Waals surface area contributed by atoms with Gasteiger partial charge in [0.1, 0.15) is 0 Å². The summed E-state index contributed by atoms with van der Waals surface area (Å²) in [6.07, 6.45) is 0.249. The van der Waals surface area contributed by atoms with Crippen LogP contribution < -0.4 is 5.32 Å². The van der Waals surface area contributed by atoms with Gasteiger partial charge in [0.25, 0.3) is 11.8 Å². The first-order valence-electron chi connectivity index (χ1n) is 14.8. The van der Waals surface area contributed by atoms with Gasteiger partial charge in [0.2, 0.25) is 0 Å². The second kappa shape index (κ2) is 14.5. The molecule has 43 heavy (non-hydrogen) atoms. The lowest BCUT2D eigenvalue weighted by atomic mass is 9.99. The molecule has 1 N–H and O–H groups in total. The van der Waals surface area contributed by atoms with E-state index in [-0.39, 0.29) is 24.4 Å². The standard InChI is InChI=1S/C35H40F3N3O2/c1-4-26-8-14-30(15-9-26)34(43)41(32-17-20-40(21-18-32)19-16-25(2)3)24-27-10-12-29(13-11-27)33(42)39-23-28-6-5-7-31(22-28)35(36,37)38/h4-15,22,25,32H,1,16-21,23-24H2,2-3H3,(H,39,42). The van der Waals surface area contributed by atoms with Gasteiger partial charge in [-0.15, -0.1) is 0 Å². The van der Waals surface area contributed by atoms with Crippen LogP contribution in [0.4, 0.5) is 13.2 Å². The molecule has 3 aromatic rings. The Morgan fingerprint density at radius 1 is 0.977 bits per heavy atom. The van der Waals surface area contributed by atoms with E-state index in [9.17, 15) is 22.8 Å². The normalized spacial score (nSPS) is 14.5. The SMILES string of the molecule is C=Cc1ccc(C(=O)N(Cc2ccc(C(=O)NCc3cccc(C(F)(F)F)c3)cc2)C2CCN(CCC(C)C)CC2)cc1. The fourth-order valence-corrected chi connectivity index (χ4v) is 5.29. The number of carbonyl (C=O) groups excluding carboxylic acids is 2. The second-order valence-electron chi connectivity index (χ2n) is 11.6. The predicted molar refractivity (Wildman–Crippen MR) is 164 cm³/mol. The lowest BCUT2D eigenvalue weighted by molar-refractivity contribution is -0.137. The molecule has 1 heterocycles. The highest BCUT2D eigenvalue weighted by Gasteiger charge is 2.31. The third-order valence-electron chi connectivity index (χ3n) is 7.95. The molecule has 0 aliphatic carbocycles. The highest BCUT2D eigenvalue weighted by molar-refractivity contribution is 5.95. The molecule has 228 valence electrons. The molecule has 1 aliphatic rings. The number of amides is 2. The number of alkyl halides is 3. The maximum Gasteiger partial charge on any atom is 0.416 e. The summed E-state index contributed by atoms with van der Waals surface area (Å²) < 4.78 is 39.0. The average Bonchev–Trinajstić information content (AvgIpc) is 3.01. The largest absolute Gasteiger partial charge is 0.416 e. The van der Waals surface area contributed by atoms with Gasteiger partial charge in [0.15, 0.2) is 0 Å². The Morgan fingerprint density at radius 3 is 2.23 bits per heavy atom.